The van der Waals surface area contributed by atoms with E-state index in [0.717, 1.165) is 0 Å². The molecular weight excluding hydrogens is 337 g/mol. The van der Waals surface area contributed by atoms with E-state index in [1.54, 1.807) is 42.5 Å². The van der Waals surface area contributed by atoms with Crippen LogP contribution >= 0.6 is 23.2 Å². The summed E-state index contributed by atoms with van der Waals surface area (Å²) in [5, 5.41) is 9.46. The smallest absolute Gasteiger partial charge is 0.231 e. The highest BCUT2D eigenvalue weighted by Crippen LogP contribution is 2.35. The van der Waals surface area contributed by atoms with Gasteiger partial charge in [-0.25, -0.2) is 0 Å². The van der Waals surface area contributed by atoms with E-state index in [4.69, 9.17) is 37.9 Å². The Hall–Kier alpha value is -2.48. The minimum atomic E-state index is -0.238. The second-order valence-electron chi connectivity index (χ2n) is 4.71. The number of nitriles is 1. The average Bonchev–Trinajstić information content (AvgIpc) is 2.84. The number of ether oxygens (including phenoxy) is 2. The van der Waals surface area contributed by atoms with Crippen molar-refractivity contribution in [3.05, 3.63) is 63.3 Å². The highest BCUT2D eigenvalue weighted by Gasteiger charge is 2.27. The van der Waals surface area contributed by atoms with Crippen molar-refractivity contribution in [2.24, 2.45) is 0 Å². The molecule has 2 aromatic rings. The fourth-order valence-electron chi connectivity index (χ4n) is 2.13. The summed E-state index contributed by atoms with van der Waals surface area (Å²) in [5.74, 6) is 0.783. The summed E-state index contributed by atoms with van der Waals surface area (Å²) >= 11 is 12.0. The molecule has 0 saturated carbocycles. The fourth-order valence-corrected chi connectivity index (χ4v) is 2.60. The van der Waals surface area contributed by atoms with Gasteiger partial charge in [-0.15, -0.1) is 0 Å². The van der Waals surface area contributed by atoms with Gasteiger partial charge in [0.2, 0.25) is 5.78 Å². The number of halogens is 2. The van der Waals surface area contributed by atoms with E-state index in [-0.39, 0.29) is 18.1 Å². The second kappa shape index (κ2) is 6.33. The molecule has 6 heteroatoms. The standard InChI is InChI=1S/C17H9Cl2NO3/c18-11-2-1-10(14(19)8-11)7-16-17(21)13-4-3-12(22-6-5-20)9-15(13)23-16/h1-4,7-9H,6H2/b16-7-. The predicted octanol–water partition coefficient (Wildman–Crippen LogP) is 4.51. The zero-order chi connectivity index (χ0) is 16.4. The van der Waals surface area contributed by atoms with E-state index in [1.165, 1.54) is 0 Å². The molecule has 0 aliphatic carbocycles. The number of hydrogen-bond acceptors (Lipinski definition) is 4. The molecule has 114 valence electrons. The molecule has 0 saturated heterocycles. The number of Topliss-reactive ketones (excluding diaryl/α,β-unsaturated/α-hetero) is 1. The normalized spacial score (nSPS) is 14.3. The Balaban J connectivity index is 1.91. The number of fused-ring (bicyclic) bond motifs is 1. The number of carbonyl (C=O) groups excluding carboxylic acids is 1. The van der Waals surface area contributed by atoms with E-state index < -0.39 is 0 Å². The van der Waals surface area contributed by atoms with E-state index in [2.05, 4.69) is 0 Å². The van der Waals surface area contributed by atoms with Crippen LogP contribution in [0.1, 0.15) is 15.9 Å². The van der Waals surface area contributed by atoms with Gasteiger partial charge in [-0.05, 0) is 35.9 Å². The first-order chi connectivity index (χ1) is 11.1. The zero-order valence-electron chi connectivity index (χ0n) is 11.7. The molecule has 0 spiro atoms. The topological polar surface area (TPSA) is 59.3 Å². The second-order valence-corrected chi connectivity index (χ2v) is 5.55. The molecule has 0 N–H and O–H groups in total. The Morgan fingerprint density at radius 2 is 2.04 bits per heavy atom. The minimum absolute atomic E-state index is 0.0736. The third-order valence-corrected chi connectivity index (χ3v) is 3.76. The third kappa shape index (κ3) is 3.16. The lowest BCUT2D eigenvalue weighted by Gasteiger charge is -2.03. The summed E-state index contributed by atoms with van der Waals surface area (Å²) in [6.45, 7) is -0.0736. The summed E-state index contributed by atoms with van der Waals surface area (Å²) < 4.78 is 10.8. The molecule has 4 nitrogen and oxygen atoms in total. The molecule has 2 aromatic carbocycles. The van der Waals surface area contributed by atoms with E-state index in [9.17, 15) is 4.79 Å². The Bertz CT molecular complexity index is 869. The van der Waals surface area contributed by atoms with Crippen molar-refractivity contribution in [1.82, 2.24) is 0 Å². The van der Waals surface area contributed by atoms with Gasteiger partial charge in [-0.3, -0.25) is 4.79 Å². The van der Waals surface area contributed by atoms with E-state index >= 15 is 0 Å². The monoisotopic (exact) mass is 345 g/mol. The number of benzene rings is 2. The molecule has 1 aliphatic rings. The molecule has 0 radical (unpaired) electrons. The molecule has 0 unspecified atom stereocenters. The summed E-state index contributed by atoms with van der Waals surface area (Å²) in [6, 6.07) is 11.7. The fraction of sp³-hybridized carbons (Fsp3) is 0.0588. The van der Waals surface area contributed by atoms with Crippen LogP contribution in [-0.4, -0.2) is 12.4 Å². The third-order valence-electron chi connectivity index (χ3n) is 3.19. The van der Waals surface area contributed by atoms with Gasteiger partial charge in [-0.2, -0.15) is 5.26 Å². The lowest BCUT2D eigenvalue weighted by atomic mass is 10.1. The first kappa shape index (κ1) is 15.4. The van der Waals surface area contributed by atoms with Crippen LogP contribution in [0.25, 0.3) is 6.08 Å². The largest absolute Gasteiger partial charge is 0.479 e. The highest BCUT2D eigenvalue weighted by molar-refractivity contribution is 6.35. The van der Waals surface area contributed by atoms with Gasteiger partial charge >= 0.3 is 0 Å². The van der Waals surface area contributed by atoms with Crippen molar-refractivity contribution in [3.8, 4) is 17.6 Å². The van der Waals surface area contributed by atoms with Crippen molar-refractivity contribution < 1.29 is 14.3 Å². The molecule has 0 atom stereocenters. The SMILES string of the molecule is N#CCOc1ccc2c(c1)O/C(=C\c1ccc(Cl)cc1Cl)C2=O. The highest BCUT2D eigenvalue weighted by atomic mass is 35.5. The summed E-state index contributed by atoms with van der Waals surface area (Å²) in [7, 11) is 0. The number of ketones is 1. The molecule has 3 rings (SSSR count). The van der Waals surface area contributed by atoms with Gasteiger partial charge in [-0.1, -0.05) is 29.3 Å². The van der Waals surface area contributed by atoms with Crippen molar-refractivity contribution in [2.75, 3.05) is 6.61 Å². The number of rotatable bonds is 3. The lowest BCUT2D eigenvalue weighted by Crippen LogP contribution is -1.98. The van der Waals surface area contributed by atoms with E-state index in [0.29, 0.717) is 32.7 Å². The summed E-state index contributed by atoms with van der Waals surface area (Å²) in [4.78, 5) is 12.3. The average molecular weight is 346 g/mol. The van der Waals surface area contributed by atoms with Crippen molar-refractivity contribution in [1.29, 1.82) is 5.26 Å². The maximum atomic E-state index is 12.3. The Morgan fingerprint density at radius 3 is 2.78 bits per heavy atom. The molecule has 0 bridgehead atoms. The first-order valence-corrected chi connectivity index (χ1v) is 7.37. The summed E-state index contributed by atoms with van der Waals surface area (Å²) in [5.41, 5.74) is 1.07. The van der Waals surface area contributed by atoms with Crippen LogP contribution in [0, 0.1) is 11.3 Å². The van der Waals surface area contributed by atoms with Crippen molar-refractivity contribution in [3.63, 3.8) is 0 Å². The molecule has 1 heterocycles. The van der Waals surface area contributed by atoms with Gasteiger partial charge in [0, 0.05) is 16.1 Å². The van der Waals surface area contributed by atoms with Crippen LogP contribution in [0.5, 0.6) is 11.5 Å². The van der Waals surface area contributed by atoms with Crippen LogP contribution in [0.2, 0.25) is 10.0 Å². The Labute approximate surface area is 142 Å². The van der Waals surface area contributed by atoms with Gasteiger partial charge in [0.1, 0.15) is 17.6 Å². The number of nitrogens with zero attached hydrogens (tertiary/aromatic N) is 1. The van der Waals surface area contributed by atoms with Crippen LogP contribution in [0.4, 0.5) is 0 Å². The zero-order valence-corrected chi connectivity index (χ0v) is 13.2. The van der Waals surface area contributed by atoms with Crippen molar-refractivity contribution in [2.45, 2.75) is 0 Å². The quantitative estimate of drug-likeness (QED) is 0.767. The molecule has 0 fully saturated rings. The molecule has 0 aromatic heterocycles. The van der Waals surface area contributed by atoms with Crippen LogP contribution in [0.3, 0.4) is 0 Å². The van der Waals surface area contributed by atoms with Gasteiger partial charge in [0.05, 0.1) is 5.56 Å². The van der Waals surface area contributed by atoms with Gasteiger partial charge < -0.3 is 9.47 Å². The molecule has 1 aliphatic heterocycles. The number of carbonyl (C=O) groups is 1. The minimum Gasteiger partial charge on any atom is -0.479 e. The number of hydrogen-bond donors (Lipinski definition) is 0. The molecular formula is C17H9Cl2NO3. The Kier molecular flexibility index (Phi) is 4.24. The number of allylic oxidation sites excluding steroid dienone is 1. The van der Waals surface area contributed by atoms with Crippen LogP contribution < -0.4 is 9.47 Å². The van der Waals surface area contributed by atoms with Gasteiger partial charge in [0.25, 0.3) is 0 Å². The maximum absolute atomic E-state index is 12.3. The van der Waals surface area contributed by atoms with E-state index in [1.807, 2.05) is 6.07 Å². The van der Waals surface area contributed by atoms with Crippen LogP contribution in [0.15, 0.2) is 42.2 Å². The summed E-state index contributed by atoms with van der Waals surface area (Å²) in [6.07, 6.45) is 1.57. The van der Waals surface area contributed by atoms with Gasteiger partial charge in [0.15, 0.2) is 12.4 Å². The lowest BCUT2D eigenvalue weighted by molar-refractivity contribution is 0.101. The predicted molar refractivity (Wildman–Crippen MR) is 86.9 cm³/mol. The maximum Gasteiger partial charge on any atom is 0.231 e. The van der Waals surface area contributed by atoms with Crippen molar-refractivity contribution >= 4 is 35.1 Å². The Morgan fingerprint density at radius 1 is 1.22 bits per heavy atom. The molecule has 23 heavy (non-hydrogen) atoms. The first-order valence-electron chi connectivity index (χ1n) is 6.61. The molecule has 0 amide bonds. The van der Waals surface area contributed by atoms with Crippen LogP contribution in [-0.2, 0) is 0 Å².